The van der Waals surface area contributed by atoms with Crippen LogP contribution in [0, 0.1) is 0 Å². The van der Waals surface area contributed by atoms with E-state index in [1.54, 1.807) is 0 Å². The minimum Gasteiger partial charge on any atom is -0.493 e. The van der Waals surface area contributed by atoms with Gasteiger partial charge in [-0.1, -0.05) is 11.1 Å². The van der Waals surface area contributed by atoms with Crippen LogP contribution in [0.1, 0.15) is 26.7 Å². The van der Waals surface area contributed by atoms with Crippen LogP contribution in [0.2, 0.25) is 0 Å². The summed E-state index contributed by atoms with van der Waals surface area (Å²) in [5, 5.41) is 0. The summed E-state index contributed by atoms with van der Waals surface area (Å²) in [5.74, 6) is -0.0571. The lowest BCUT2D eigenvalue weighted by atomic mass is 9.80. The third-order valence-electron chi connectivity index (χ3n) is 3.25. The molecule has 16 heavy (non-hydrogen) atoms. The second-order valence-corrected chi connectivity index (χ2v) is 4.28. The van der Waals surface area contributed by atoms with Crippen LogP contribution in [0.15, 0.2) is 34.1 Å². The lowest BCUT2D eigenvalue weighted by molar-refractivity contribution is -0.118. The van der Waals surface area contributed by atoms with Crippen LogP contribution in [0.3, 0.4) is 0 Å². The zero-order valence-corrected chi connectivity index (χ0v) is 9.72. The van der Waals surface area contributed by atoms with Crippen molar-refractivity contribution in [3.8, 4) is 0 Å². The first-order valence-corrected chi connectivity index (χ1v) is 5.26. The van der Waals surface area contributed by atoms with Crippen molar-refractivity contribution in [1.82, 2.24) is 0 Å². The number of hydrogen-bond donors (Lipinski definition) is 0. The van der Waals surface area contributed by atoms with Crippen LogP contribution in [0.5, 0.6) is 0 Å². The highest BCUT2D eigenvalue weighted by Crippen LogP contribution is 2.34. The number of hydrogen-bond acceptors (Lipinski definition) is 3. The zero-order valence-electron chi connectivity index (χ0n) is 9.72. The Bertz CT molecular complexity index is 475. The van der Waals surface area contributed by atoms with E-state index in [9.17, 15) is 9.59 Å². The van der Waals surface area contributed by atoms with Gasteiger partial charge in [0.25, 0.3) is 0 Å². The normalized spacial score (nSPS) is 21.1. The highest BCUT2D eigenvalue weighted by molar-refractivity contribution is 6.22. The molecule has 0 spiro atoms. The van der Waals surface area contributed by atoms with Crippen molar-refractivity contribution < 1.29 is 14.3 Å². The fourth-order valence-electron chi connectivity index (χ4n) is 2.07. The van der Waals surface area contributed by atoms with Crippen LogP contribution < -0.4 is 0 Å². The molecule has 84 valence electrons. The fourth-order valence-corrected chi connectivity index (χ4v) is 2.07. The van der Waals surface area contributed by atoms with Gasteiger partial charge in [0.15, 0.2) is 11.5 Å². The lowest BCUT2D eigenvalue weighted by Gasteiger charge is -2.24. The first kappa shape index (κ1) is 10.9. The lowest BCUT2D eigenvalue weighted by Crippen LogP contribution is -2.23. The summed E-state index contributed by atoms with van der Waals surface area (Å²) in [7, 11) is 1.42. The molecule has 0 saturated heterocycles. The fraction of sp³-hybridized carbons (Fsp3) is 0.385. The standard InChI is InChI=1S/C13H14O3/c1-7-4-9-10(5-8(7)2)13(15)12(16-3)6-11(9)14/h6H,4-5H2,1-3H3. The number of ketones is 2. The molecule has 2 aliphatic carbocycles. The van der Waals surface area contributed by atoms with Gasteiger partial charge in [0, 0.05) is 17.2 Å². The van der Waals surface area contributed by atoms with Gasteiger partial charge in [0.2, 0.25) is 5.78 Å². The van der Waals surface area contributed by atoms with Gasteiger partial charge >= 0.3 is 0 Å². The van der Waals surface area contributed by atoms with Crippen molar-refractivity contribution >= 4 is 11.6 Å². The molecule has 2 rings (SSSR count). The molecule has 0 amide bonds. The maximum atomic E-state index is 12.0. The van der Waals surface area contributed by atoms with Crippen LogP contribution in [0.25, 0.3) is 0 Å². The number of ether oxygens (including phenoxy) is 1. The van der Waals surface area contributed by atoms with Crippen molar-refractivity contribution in [2.24, 2.45) is 0 Å². The summed E-state index contributed by atoms with van der Waals surface area (Å²) in [5.41, 5.74) is 3.63. The molecule has 0 bridgehead atoms. The minimum atomic E-state index is -0.135. The SMILES string of the molecule is COC1=CC(=O)C2=C(CC(C)=C(C)C2)C1=O. The van der Waals surface area contributed by atoms with Crippen LogP contribution in [-0.4, -0.2) is 18.7 Å². The average molecular weight is 218 g/mol. The van der Waals surface area contributed by atoms with Crippen LogP contribution in [-0.2, 0) is 14.3 Å². The maximum Gasteiger partial charge on any atom is 0.224 e. The van der Waals surface area contributed by atoms with Crippen molar-refractivity contribution in [1.29, 1.82) is 0 Å². The van der Waals surface area contributed by atoms with Crippen LogP contribution >= 0.6 is 0 Å². The Hall–Kier alpha value is -1.64. The molecule has 3 heteroatoms. The second kappa shape index (κ2) is 3.74. The molecule has 0 aromatic carbocycles. The maximum absolute atomic E-state index is 12.0. The van der Waals surface area contributed by atoms with E-state index < -0.39 is 0 Å². The number of carbonyl (C=O) groups excluding carboxylic acids is 2. The van der Waals surface area contributed by atoms with E-state index in [1.165, 1.54) is 24.3 Å². The Labute approximate surface area is 94.5 Å². The van der Waals surface area contributed by atoms with E-state index in [0.717, 1.165) is 0 Å². The van der Waals surface area contributed by atoms with Crippen LogP contribution in [0.4, 0.5) is 0 Å². The third kappa shape index (κ3) is 1.52. The Morgan fingerprint density at radius 2 is 1.62 bits per heavy atom. The average Bonchev–Trinajstić information content (AvgIpc) is 2.26. The quantitative estimate of drug-likeness (QED) is 0.500. The molecule has 0 aliphatic heterocycles. The Balaban J connectivity index is 2.42. The summed E-state index contributed by atoms with van der Waals surface area (Å²) in [6, 6.07) is 0. The summed E-state index contributed by atoms with van der Waals surface area (Å²) >= 11 is 0. The molecule has 0 aromatic heterocycles. The Morgan fingerprint density at radius 1 is 1.06 bits per heavy atom. The van der Waals surface area contributed by atoms with E-state index in [1.807, 2.05) is 13.8 Å². The van der Waals surface area contributed by atoms with Crippen molar-refractivity contribution in [2.75, 3.05) is 7.11 Å². The van der Waals surface area contributed by atoms with Gasteiger partial charge in [-0.05, 0) is 26.7 Å². The van der Waals surface area contributed by atoms with Gasteiger partial charge < -0.3 is 4.74 Å². The highest BCUT2D eigenvalue weighted by atomic mass is 16.5. The number of methoxy groups -OCH3 is 1. The molecular weight excluding hydrogens is 204 g/mol. The van der Waals surface area contributed by atoms with Crippen molar-refractivity contribution in [3.05, 3.63) is 34.1 Å². The molecule has 0 N–H and O–H groups in total. The molecule has 2 aliphatic rings. The first-order valence-electron chi connectivity index (χ1n) is 5.26. The number of rotatable bonds is 1. The monoisotopic (exact) mass is 218 g/mol. The summed E-state index contributed by atoms with van der Waals surface area (Å²) in [6.45, 7) is 4.01. The molecule has 0 aromatic rings. The summed E-state index contributed by atoms with van der Waals surface area (Å²) < 4.78 is 4.93. The molecule has 0 heterocycles. The molecule has 0 saturated carbocycles. The largest absolute Gasteiger partial charge is 0.493 e. The van der Waals surface area contributed by atoms with E-state index >= 15 is 0 Å². The molecular formula is C13H14O3. The topological polar surface area (TPSA) is 43.4 Å². The van der Waals surface area contributed by atoms with Gasteiger partial charge in [-0.3, -0.25) is 9.59 Å². The molecule has 0 atom stereocenters. The molecule has 3 nitrogen and oxygen atoms in total. The van der Waals surface area contributed by atoms with Gasteiger partial charge in [0.05, 0.1) is 7.11 Å². The van der Waals surface area contributed by atoms with Gasteiger partial charge in [-0.15, -0.1) is 0 Å². The summed E-state index contributed by atoms with van der Waals surface area (Å²) in [6.07, 6.45) is 2.47. The Kier molecular flexibility index (Phi) is 2.54. The van der Waals surface area contributed by atoms with Crippen molar-refractivity contribution in [3.63, 3.8) is 0 Å². The smallest absolute Gasteiger partial charge is 0.224 e. The highest BCUT2D eigenvalue weighted by Gasteiger charge is 2.31. The van der Waals surface area contributed by atoms with E-state index in [4.69, 9.17) is 4.74 Å². The van der Waals surface area contributed by atoms with Gasteiger partial charge in [-0.2, -0.15) is 0 Å². The van der Waals surface area contributed by atoms with E-state index in [0.29, 0.717) is 24.0 Å². The predicted octanol–water partition coefficient (Wildman–Crippen LogP) is 2.10. The van der Waals surface area contributed by atoms with Gasteiger partial charge in [0.1, 0.15) is 0 Å². The van der Waals surface area contributed by atoms with Crippen molar-refractivity contribution in [2.45, 2.75) is 26.7 Å². The molecule has 0 unspecified atom stereocenters. The number of Topliss-reactive ketones (excluding diaryl/α,β-unsaturated/α-hetero) is 1. The number of carbonyl (C=O) groups is 2. The number of allylic oxidation sites excluding steroid dienone is 5. The second-order valence-electron chi connectivity index (χ2n) is 4.28. The zero-order chi connectivity index (χ0) is 11.9. The van der Waals surface area contributed by atoms with Gasteiger partial charge in [-0.25, -0.2) is 0 Å². The molecule has 0 radical (unpaired) electrons. The summed E-state index contributed by atoms with van der Waals surface area (Å²) in [4.78, 5) is 23.8. The van der Waals surface area contributed by atoms with E-state index in [2.05, 4.69) is 0 Å². The van der Waals surface area contributed by atoms with E-state index in [-0.39, 0.29) is 17.3 Å². The first-order chi connectivity index (χ1) is 7.54. The minimum absolute atomic E-state index is 0.0849. The Morgan fingerprint density at radius 3 is 2.19 bits per heavy atom. The third-order valence-corrected chi connectivity index (χ3v) is 3.25. The molecule has 0 fully saturated rings. The predicted molar refractivity (Wildman–Crippen MR) is 59.7 cm³/mol.